The molecule has 0 amide bonds. The lowest BCUT2D eigenvalue weighted by Gasteiger charge is -2.14. The van der Waals surface area contributed by atoms with Gasteiger partial charge in [-0.15, -0.1) is 0 Å². The smallest absolute Gasteiger partial charge is 0.406 e. The first-order chi connectivity index (χ1) is 9.79. The van der Waals surface area contributed by atoms with Gasteiger partial charge in [-0.2, -0.15) is 0 Å². The van der Waals surface area contributed by atoms with Gasteiger partial charge in [0.15, 0.2) is 11.2 Å². The van der Waals surface area contributed by atoms with Gasteiger partial charge < -0.3 is 4.42 Å². The standard InChI is InChI=1S/C15H13BrN2O2/c16-9-12(11-5-2-1-3-6-11)10-18-14-13(20-15(18)19)7-4-8-17-14/h1-8,12H,9-10H2. The van der Waals surface area contributed by atoms with Crippen LogP contribution in [0.15, 0.2) is 57.9 Å². The number of halogens is 1. The number of nitrogens with zero attached hydrogens (tertiary/aromatic N) is 2. The molecule has 0 fully saturated rings. The van der Waals surface area contributed by atoms with Crippen LogP contribution in [0.2, 0.25) is 0 Å². The number of hydrogen-bond acceptors (Lipinski definition) is 3. The summed E-state index contributed by atoms with van der Waals surface area (Å²) in [7, 11) is 0. The van der Waals surface area contributed by atoms with Crippen molar-refractivity contribution in [1.29, 1.82) is 0 Å². The molecule has 0 saturated carbocycles. The van der Waals surface area contributed by atoms with Crippen molar-refractivity contribution in [3.05, 3.63) is 64.8 Å². The summed E-state index contributed by atoms with van der Waals surface area (Å²) in [6.07, 6.45) is 1.67. The van der Waals surface area contributed by atoms with Gasteiger partial charge in [0, 0.05) is 24.0 Å². The topological polar surface area (TPSA) is 48.0 Å². The van der Waals surface area contributed by atoms with Crippen LogP contribution in [0.4, 0.5) is 0 Å². The summed E-state index contributed by atoms with van der Waals surface area (Å²) in [6.45, 7) is 0.540. The number of aromatic nitrogens is 2. The summed E-state index contributed by atoms with van der Waals surface area (Å²) in [5.74, 6) is -0.169. The number of pyridine rings is 1. The van der Waals surface area contributed by atoms with Gasteiger partial charge in [-0.05, 0) is 17.7 Å². The fourth-order valence-electron chi connectivity index (χ4n) is 2.25. The van der Waals surface area contributed by atoms with Crippen LogP contribution in [-0.2, 0) is 6.54 Å². The Morgan fingerprint density at radius 3 is 2.75 bits per heavy atom. The van der Waals surface area contributed by atoms with Crippen LogP contribution in [-0.4, -0.2) is 14.9 Å². The number of alkyl halides is 1. The van der Waals surface area contributed by atoms with E-state index in [-0.39, 0.29) is 11.7 Å². The second-order valence-corrected chi connectivity index (χ2v) is 5.21. The second kappa shape index (κ2) is 5.63. The van der Waals surface area contributed by atoms with Gasteiger partial charge in [0.25, 0.3) is 0 Å². The van der Waals surface area contributed by atoms with Crippen LogP contribution in [0.1, 0.15) is 11.5 Å². The number of hydrogen-bond donors (Lipinski definition) is 0. The summed E-state index contributed by atoms with van der Waals surface area (Å²) in [6, 6.07) is 13.6. The van der Waals surface area contributed by atoms with Gasteiger partial charge in [-0.3, -0.25) is 4.57 Å². The average molecular weight is 333 g/mol. The van der Waals surface area contributed by atoms with Crippen molar-refractivity contribution in [3.63, 3.8) is 0 Å². The highest BCUT2D eigenvalue weighted by Gasteiger charge is 2.16. The molecule has 0 aliphatic carbocycles. The van der Waals surface area contributed by atoms with Crippen LogP contribution in [0.3, 0.4) is 0 Å². The van der Waals surface area contributed by atoms with E-state index < -0.39 is 0 Å². The Morgan fingerprint density at radius 1 is 1.20 bits per heavy atom. The molecule has 20 heavy (non-hydrogen) atoms. The maximum absolute atomic E-state index is 12.0. The van der Waals surface area contributed by atoms with E-state index in [1.807, 2.05) is 18.2 Å². The molecule has 3 aromatic rings. The summed E-state index contributed by atoms with van der Waals surface area (Å²) in [5.41, 5.74) is 2.31. The van der Waals surface area contributed by atoms with Gasteiger partial charge >= 0.3 is 5.76 Å². The Balaban J connectivity index is 2.00. The van der Waals surface area contributed by atoms with E-state index in [4.69, 9.17) is 4.42 Å². The van der Waals surface area contributed by atoms with Crippen molar-refractivity contribution in [2.24, 2.45) is 0 Å². The van der Waals surface area contributed by atoms with Crippen molar-refractivity contribution >= 4 is 27.2 Å². The van der Waals surface area contributed by atoms with Crippen molar-refractivity contribution in [3.8, 4) is 0 Å². The molecule has 2 aromatic heterocycles. The average Bonchev–Trinajstić information content (AvgIpc) is 2.81. The number of oxazole rings is 1. The molecule has 3 rings (SSSR count). The Bertz CT molecular complexity index is 764. The molecule has 5 heteroatoms. The van der Waals surface area contributed by atoms with Crippen molar-refractivity contribution in [2.75, 3.05) is 5.33 Å². The van der Waals surface area contributed by atoms with Crippen LogP contribution >= 0.6 is 15.9 Å². The predicted molar refractivity (Wildman–Crippen MR) is 81.2 cm³/mol. The zero-order valence-electron chi connectivity index (χ0n) is 10.7. The lowest BCUT2D eigenvalue weighted by Crippen LogP contribution is -2.20. The molecule has 4 nitrogen and oxygen atoms in total. The molecule has 0 bridgehead atoms. The largest absolute Gasteiger partial charge is 0.421 e. The van der Waals surface area contributed by atoms with Crippen LogP contribution < -0.4 is 5.76 Å². The summed E-state index contributed by atoms with van der Waals surface area (Å²) in [5, 5.41) is 0.767. The minimum Gasteiger partial charge on any atom is -0.406 e. The monoisotopic (exact) mass is 332 g/mol. The zero-order valence-corrected chi connectivity index (χ0v) is 12.3. The van der Waals surface area contributed by atoms with E-state index in [0.717, 1.165) is 5.33 Å². The predicted octanol–water partition coefficient (Wildman–Crippen LogP) is 3.17. The summed E-state index contributed by atoms with van der Waals surface area (Å²) < 4.78 is 6.80. The zero-order chi connectivity index (χ0) is 13.9. The maximum atomic E-state index is 12.0. The van der Waals surface area contributed by atoms with E-state index in [0.29, 0.717) is 17.8 Å². The van der Waals surface area contributed by atoms with E-state index >= 15 is 0 Å². The molecule has 0 radical (unpaired) electrons. The van der Waals surface area contributed by atoms with Gasteiger partial charge in [0.1, 0.15) is 0 Å². The van der Waals surface area contributed by atoms with Crippen LogP contribution in [0.25, 0.3) is 11.2 Å². The minimum atomic E-state index is -0.361. The van der Waals surface area contributed by atoms with Gasteiger partial charge in [-0.25, -0.2) is 9.78 Å². The molecule has 1 unspecified atom stereocenters. The van der Waals surface area contributed by atoms with Gasteiger partial charge in [0.2, 0.25) is 0 Å². The van der Waals surface area contributed by atoms with Crippen molar-refractivity contribution in [2.45, 2.75) is 12.5 Å². The molecule has 1 atom stereocenters. The molecule has 0 spiro atoms. The normalized spacial score (nSPS) is 12.7. The van der Waals surface area contributed by atoms with E-state index in [2.05, 4.69) is 33.0 Å². The Kier molecular flexibility index (Phi) is 3.69. The molecule has 0 N–H and O–H groups in total. The van der Waals surface area contributed by atoms with Crippen molar-refractivity contribution < 1.29 is 4.42 Å². The first-order valence-electron chi connectivity index (χ1n) is 6.35. The SMILES string of the molecule is O=c1oc2cccnc2n1CC(CBr)c1ccccc1. The number of fused-ring (bicyclic) bond motifs is 1. The first kappa shape index (κ1) is 13.1. The lowest BCUT2D eigenvalue weighted by atomic mass is 10.0. The third kappa shape index (κ3) is 2.41. The van der Waals surface area contributed by atoms with E-state index in [1.165, 1.54) is 5.56 Å². The first-order valence-corrected chi connectivity index (χ1v) is 7.47. The highest BCUT2D eigenvalue weighted by Crippen LogP contribution is 2.21. The highest BCUT2D eigenvalue weighted by atomic mass is 79.9. The van der Waals surface area contributed by atoms with Crippen LogP contribution in [0.5, 0.6) is 0 Å². The second-order valence-electron chi connectivity index (χ2n) is 4.57. The molecule has 2 heterocycles. The number of rotatable bonds is 4. The van der Waals surface area contributed by atoms with E-state index in [1.54, 1.807) is 22.9 Å². The Labute approximate surface area is 124 Å². The van der Waals surface area contributed by atoms with E-state index in [9.17, 15) is 4.79 Å². The third-order valence-corrected chi connectivity index (χ3v) is 4.07. The molecule has 1 aromatic carbocycles. The fraction of sp³-hybridized carbons (Fsp3) is 0.200. The lowest BCUT2D eigenvalue weighted by molar-refractivity contribution is 0.488. The Hall–Kier alpha value is -1.88. The molecule has 0 aliphatic rings. The fourth-order valence-corrected chi connectivity index (χ4v) is 2.83. The molecule has 0 aliphatic heterocycles. The minimum absolute atomic E-state index is 0.191. The third-order valence-electron chi connectivity index (χ3n) is 3.28. The molecule has 0 saturated heterocycles. The number of benzene rings is 1. The molecular formula is C15H13BrN2O2. The molecule has 102 valence electrons. The quantitative estimate of drug-likeness (QED) is 0.689. The summed E-state index contributed by atoms with van der Waals surface area (Å²) >= 11 is 3.52. The van der Waals surface area contributed by atoms with Crippen molar-refractivity contribution in [1.82, 2.24) is 9.55 Å². The van der Waals surface area contributed by atoms with Gasteiger partial charge in [0.05, 0.1) is 0 Å². The van der Waals surface area contributed by atoms with Gasteiger partial charge in [-0.1, -0.05) is 46.3 Å². The van der Waals surface area contributed by atoms with Crippen LogP contribution in [0, 0.1) is 0 Å². The highest BCUT2D eigenvalue weighted by molar-refractivity contribution is 9.09. The summed E-state index contributed by atoms with van der Waals surface area (Å²) in [4.78, 5) is 16.2. The Morgan fingerprint density at radius 2 is 2.00 bits per heavy atom. The molecular weight excluding hydrogens is 320 g/mol. The maximum Gasteiger partial charge on any atom is 0.421 e.